The van der Waals surface area contributed by atoms with E-state index in [4.69, 9.17) is 15.2 Å². The molecule has 120 valence electrons. The first-order chi connectivity index (χ1) is 9.76. The lowest BCUT2D eigenvalue weighted by atomic mass is 10.1. The van der Waals surface area contributed by atoms with Gasteiger partial charge in [0, 0.05) is 12.1 Å². The fraction of sp³-hybridized carbons (Fsp3) is 0.600. The monoisotopic (exact) mass is 315 g/mol. The Labute approximate surface area is 127 Å². The Bertz CT molecular complexity index is 553. The summed E-state index contributed by atoms with van der Waals surface area (Å²) in [5, 5.41) is -0.394. The van der Waals surface area contributed by atoms with Crippen molar-refractivity contribution in [3.8, 4) is 11.5 Å². The molecule has 1 atom stereocenters. The highest BCUT2D eigenvalue weighted by atomic mass is 32.2. The maximum Gasteiger partial charge on any atom is 0.155 e. The van der Waals surface area contributed by atoms with Gasteiger partial charge in [-0.2, -0.15) is 0 Å². The van der Waals surface area contributed by atoms with Crippen LogP contribution in [0, 0.1) is 0 Å². The van der Waals surface area contributed by atoms with E-state index in [0.29, 0.717) is 17.9 Å². The standard InChI is InChI=1S/C15H25NO4S/c1-11(2)21(17,18)8-7-20-15-10-14(19-4)6-5-13(15)9-12(3)16/h5-6,10-12H,7-9,16H2,1-4H3. The van der Waals surface area contributed by atoms with E-state index in [-0.39, 0.29) is 18.4 Å². The molecule has 0 saturated heterocycles. The van der Waals surface area contributed by atoms with Gasteiger partial charge in [-0.05, 0) is 38.8 Å². The summed E-state index contributed by atoms with van der Waals surface area (Å²) in [5.74, 6) is 1.30. The maximum absolute atomic E-state index is 11.8. The van der Waals surface area contributed by atoms with Crippen LogP contribution < -0.4 is 15.2 Å². The van der Waals surface area contributed by atoms with Gasteiger partial charge in [0.2, 0.25) is 0 Å². The third kappa shape index (κ3) is 5.55. The van der Waals surface area contributed by atoms with E-state index in [1.807, 2.05) is 19.1 Å². The van der Waals surface area contributed by atoms with Crippen LogP contribution in [0.2, 0.25) is 0 Å². The largest absolute Gasteiger partial charge is 0.497 e. The minimum Gasteiger partial charge on any atom is -0.497 e. The minimum atomic E-state index is -3.10. The molecule has 0 amide bonds. The van der Waals surface area contributed by atoms with E-state index < -0.39 is 15.1 Å². The number of hydrogen-bond acceptors (Lipinski definition) is 5. The van der Waals surface area contributed by atoms with Crippen molar-refractivity contribution in [2.45, 2.75) is 38.5 Å². The van der Waals surface area contributed by atoms with Gasteiger partial charge in [0.05, 0.1) is 18.1 Å². The first-order valence-corrected chi connectivity index (χ1v) is 8.74. The van der Waals surface area contributed by atoms with E-state index >= 15 is 0 Å². The number of benzene rings is 1. The molecule has 1 unspecified atom stereocenters. The fourth-order valence-electron chi connectivity index (χ4n) is 1.82. The molecule has 0 aromatic heterocycles. The molecule has 0 fully saturated rings. The van der Waals surface area contributed by atoms with E-state index in [9.17, 15) is 8.42 Å². The van der Waals surface area contributed by atoms with Gasteiger partial charge in [0.15, 0.2) is 9.84 Å². The van der Waals surface area contributed by atoms with Crippen molar-refractivity contribution in [1.82, 2.24) is 0 Å². The molecular formula is C15H25NO4S. The Morgan fingerprint density at radius 1 is 1.24 bits per heavy atom. The predicted molar refractivity (Wildman–Crippen MR) is 84.8 cm³/mol. The summed E-state index contributed by atoms with van der Waals surface area (Å²) < 4.78 is 34.4. The van der Waals surface area contributed by atoms with E-state index in [2.05, 4.69) is 0 Å². The van der Waals surface area contributed by atoms with Gasteiger partial charge in [-0.1, -0.05) is 6.07 Å². The zero-order valence-corrected chi connectivity index (χ0v) is 13.9. The molecule has 6 heteroatoms. The summed E-state index contributed by atoms with van der Waals surface area (Å²) in [6.45, 7) is 5.38. The summed E-state index contributed by atoms with van der Waals surface area (Å²) in [5.41, 5.74) is 6.77. The molecule has 1 aromatic rings. The molecule has 0 radical (unpaired) electrons. The number of sulfone groups is 1. The Morgan fingerprint density at radius 2 is 1.90 bits per heavy atom. The predicted octanol–water partition coefficient (Wildman–Crippen LogP) is 1.79. The van der Waals surface area contributed by atoms with Crippen molar-refractivity contribution >= 4 is 9.84 Å². The number of ether oxygens (including phenoxy) is 2. The van der Waals surface area contributed by atoms with Crippen LogP contribution in [0.4, 0.5) is 0 Å². The lowest BCUT2D eigenvalue weighted by molar-refractivity contribution is 0.332. The van der Waals surface area contributed by atoms with Gasteiger partial charge >= 0.3 is 0 Å². The average Bonchev–Trinajstić information content (AvgIpc) is 2.39. The van der Waals surface area contributed by atoms with Crippen LogP contribution in [0.5, 0.6) is 11.5 Å². The smallest absolute Gasteiger partial charge is 0.155 e. The molecule has 0 aliphatic heterocycles. The van der Waals surface area contributed by atoms with Crippen LogP contribution in [0.25, 0.3) is 0 Å². The molecule has 0 saturated carbocycles. The Kier molecular flexibility index (Phi) is 6.48. The number of nitrogens with two attached hydrogens (primary N) is 1. The number of hydrogen-bond donors (Lipinski definition) is 1. The minimum absolute atomic E-state index is 0.000131. The Hall–Kier alpha value is -1.27. The third-order valence-corrected chi connectivity index (χ3v) is 5.33. The van der Waals surface area contributed by atoms with Crippen molar-refractivity contribution in [2.75, 3.05) is 19.5 Å². The lowest BCUT2D eigenvalue weighted by Crippen LogP contribution is -2.22. The highest BCUT2D eigenvalue weighted by Gasteiger charge is 2.16. The number of rotatable bonds is 8. The first-order valence-electron chi connectivity index (χ1n) is 7.03. The van der Waals surface area contributed by atoms with Gasteiger partial charge < -0.3 is 15.2 Å². The quantitative estimate of drug-likeness (QED) is 0.791. The fourth-order valence-corrected chi connectivity index (χ4v) is 2.60. The number of methoxy groups -OCH3 is 1. The summed E-state index contributed by atoms with van der Waals surface area (Å²) in [4.78, 5) is 0. The van der Waals surface area contributed by atoms with E-state index in [1.54, 1.807) is 27.0 Å². The van der Waals surface area contributed by atoms with Crippen LogP contribution >= 0.6 is 0 Å². The molecule has 1 rings (SSSR count). The van der Waals surface area contributed by atoms with Gasteiger partial charge in [0.1, 0.15) is 18.1 Å². The average molecular weight is 315 g/mol. The maximum atomic E-state index is 11.8. The molecular weight excluding hydrogens is 290 g/mol. The van der Waals surface area contributed by atoms with Gasteiger partial charge in [-0.3, -0.25) is 0 Å². The van der Waals surface area contributed by atoms with Gasteiger partial charge in [-0.15, -0.1) is 0 Å². The van der Waals surface area contributed by atoms with Crippen LogP contribution in [-0.4, -0.2) is 39.2 Å². The molecule has 0 aliphatic carbocycles. The summed E-state index contributed by atoms with van der Waals surface area (Å²) in [7, 11) is -1.52. The van der Waals surface area contributed by atoms with Crippen LogP contribution in [-0.2, 0) is 16.3 Å². The van der Waals surface area contributed by atoms with Crippen LogP contribution in [0.15, 0.2) is 18.2 Å². The van der Waals surface area contributed by atoms with E-state index in [0.717, 1.165) is 5.56 Å². The molecule has 21 heavy (non-hydrogen) atoms. The van der Waals surface area contributed by atoms with Crippen LogP contribution in [0.3, 0.4) is 0 Å². The summed E-state index contributed by atoms with van der Waals surface area (Å²) in [6, 6.07) is 5.50. The molecule has 0 aliphatic rings. The molecule has 1 aromatic carbocycles. The third-order valence-electron chi connectivity index (χ3n) is 3.16. The zero-order chi connectivity index (χ0) is 16.0. The highest BCUT2D eigenvalue weighted by Crippen LogP contribution is 2.26. The van der Waals surface area contributed by atoms with Crippen molar-refractivity contribution < 1.29 is 17.9 Å². The van der Waals surface area contributed by atoms with Crippen LogP contribution in [0.1, 0.15) is 26.3 Å². The Balaban J connectivity index is 2.80. The van der Waals surface area contributed by atoms with E-state index in [1.165, 1.54) is 0 Å². The second-order valence-electron chi connectivity index (χ2n) is 5.42. The molecule has 2 N–H and O–H groups in total. The second-order valence-corrected chi connectivity index (χ2v) is 8.10. The molecule has 5 nitrogen and oxygen atoms in total. The van der Waals surface area contributed by atoms with Gasteiger partial charge in [0.25, 0.3) is 0 Å². The molecule has 0 spiro atoms. The summed E-state index contributed by atoms with van der Waals surface area (Å²) in [6.07, 6.45) is 0.663. The highest BCUT2D eigenvalue weighted by molar-refractivity contribution is 7.91. The lowest BCUT2D eigenvalue weighted by Gasteiger charge is -2.15. The van der Waals surface area contributed by atoms with Crippen molar-refractivity contribution in [3.05, 3.63) is 23.8 Å². The summed E-state index contributed by atoms with van der Waals surface area (Å²) >= 11 is 0. The van der Waals surface area contributed by atoms with Gasteiger partial charge in [-0.25, -0.2) is 8.42 Å². The van der Waals surface area contributed by atoms with Crippen molar-refractivity contribution in [1.29, 1.82) is 0 Å². The SMILES string of the molecule is COc1ccc(CC(C)N)c(OCCS(=O)(=O)C(C)C)c1. The first kappa shape index (κ1) is 17.8. The second kappa shape index (κ2) is 7.66. The molecule has 0 bridgehead atoms. The Morgan fingerprint density at radius 3 is 2.43 bits per heavy atom. The molecule has 0 heterocycles. The topological polar surface area (TPSA) is 78.6 Å². The van der Waals surface area contributed by atoms with Crippen molar-refractivity contribution in [3.63, 3.8) is 0 Å². The zero-order valence-electron chi connectivity index (χ0n) is 13.1. The van der Waals surface area contributed by atoms with Crippen molar-refractivity contribution in [2.24, 2.45) is 5.73 Å². The normalized spacial score (nSPS) is 13.2.